The maximum atomic E-state index is 13.3. The van der Waals surface area contributed by atoms with Gasteiger partial charge < -0.3 is 10.1 Å². The van der Waals surface area contributed by atoms with E-state index in [1.807, 2.05) is 6.92 Å². The molecule has 20 heavy (non-hydrogen) atoms. The van der Waals surface area contributed by atoms with E-state index in [1.165, 1.54) is 24.3 Å². The number of hydrogen-bond acceptors (Lipinski definition) is 2. The summed E-state index contributed by atoms with van der Waals surface area (Å²) in [5, 5.41) is 8.96. The van der Waals surface area contributed by atoms with Crippen molar-refractivity contribution in [3.63, 3.8) is 0 Å². The summed E-state index contributed by atoms with van der Waals surface area (Å²) < 4.78 is 13.3. The van der Waals surface area contributed by atoms with Gasteiger partial charge in [-0.05, 0) is 42.8 Å². The first-order valence-corrected chi connectivity index (χ1v) is 6.04. The Morgan fingerprint density at radius 2 is 2.05 bits per heavy atom. The minimum absolute atomic E-state index is 0.184. The van der Waals surface area contributed by atoms with Gasteiger partial charge in [0.25, 0.3) is 0 Å². The molecule has 0 radical (unpaired) electrons. The average molecular weight is 270 g/mol. The van der Waals surface area contributed by atoms with Crippen LogP contribution in [0.3, 0.4) is 0 Å². The third-order valence-electron chi connectivity index (χ3n) is 3.18. The van der Waals surface area contributed by atoms with E-state index in [9.17, 15) is 9.18 Å². The lowest BCUT2D eigenvalue weighted by Gasteiger charge is -2.01. The van der Waals surface area contributed by atoms with Crippen LogP contribution in [0.1, 0.15) is 15.9 Å². The van der Waals surface area contributed by atoms with E-state index in [4.69, 9.17) is 5.11 Å². The summed E-state index contributed by atoms with van der Waals surface area (Å²) in [5.74, 6) is -0.804. The molecule has 0 aliphatic rings. The molecule has 5 heteroatoms. The van der Waals surface area contributed by atoms with Crippen molar-refractivity contribution in [3.05, 3.63) is 53.3 Å². The second-order valence-corrected chi connectivity index (χ2v) is 4.58. The van der Waals surface area contributed by atoms with Gasteiger partial charge in [-0.3, -0.25) is 0 Å². The quantitative estimate of drug-likeness (QED) is 0.750. The van der Waals surface area contributed by atoms with Gasteiger partial charge in [-0.1, -0.05) is 6.07 Å². The zero-order valence-corrected chi connectivity index (χ0v) is 10.6. The van der Waals surface area contributed by atoms with Crippen molar-refractivity contribution in [1.82, 2.24) is 9.97 Å². The molecule has 0 aliphatic carbocycles. The van der Waals surface area contributed by atoms with E-state index in [2.05, 4.69) is 9.97 Å². The van der Waals surface area contributed by atoms with Gasteiger partial charge >= 0.3 is 5.97 Å². The predicted octanol–water partition coefficient (Wildman–Crippen LogP) is 3.38. The molecule has 0 aliphatic heterocycles. The third kappa shape index (κ3) is 2.03. The Hall–Kier alpha value is -2.69. The zero-order chi connectivity index (χ0) is 14.3. The van der Waals surface area contributed by atoms with Crippen LogP contribution < -0.4 is 0 Å². The molecule has 100 valence electrons. The fourth-order valence-electron chi connectivity index (χ4n) is 2.12. The average Bonchev–Trinajstić information content (AvgIpc) is 2.83. The number of carboxylic acid groups (broad SMARTS) is 1. The number of aromatic carboxylic acids is 1. The molecule has 2 N–H and O–H groups in total. The Morgan fingerprint density at radius 3 is 2.80 bits per heavy atom. The molecule has 2 aromatic carbocycles. The number of imidazole rings is 1. The molecule has 0 saturated carbocycles. The fourth-order valence-corrected chi connectivity index (χ4v) is 2.12. The minimum Gasteiger partial charge on any atom is -0.478 e. The first kappa shape index (κ1) is 12.3. The van der Waals surface area contributed by atoms with Crippen LogP contribution in [0, 0.1) is 12.7 Å². The van der Waals surface area contributed by atoms with Crippen LogP contribution >= 0.6 is 0 Å². The first-order valence-electron chi connectivity index (χ1n) is 6.04. The Labute approximate surface area is 113 Å². The lowest BCUT2D eigenvalue weighted by atomic mass is 10.1. The number of carbonyl (C=O) groups is 1. The molecular formula is C15H11FN2O2. The van der Waals surface area contributed by atoms with Crippen molar-refractivity contribution < 1.29 is 14.3 Å². The second kappa shape index (κ2) is 4.45. The first-order chi connectivity index (χ1) is 9.54. The van der Waals surface area contributed by atoms with Crippen LogP contribution in [0.15, 0.2) is 36.4 Å². The van der Waals surface area contributed by atoms with Crippen LogP contribution in [0.2, 0.25) is 0 Å². The summed E-state index contributed by atoms with van der Waals surface area (Å²) in [5.41, 5.74) is 3.00. The van der Waals surface area contributed by atoms with E-state index in [-0.39, 0.29) is 11.4 Å². The van der Waals surface area contributed by atoms with Gasteiger partial charge in [-0.2, -0.15) is 0 Å². The number of aromatic amines is 1. The molecule has 3 rings (SSSR count). The van der Waals surface area contributed by atoms with E-state index in [0.717, 1.165) is 5.56 Å². The number of benzene rings is 2. The summed E-state index contributed by atoms with van der Waals surface area (Å²) in [6, 6.07) is 9.12. The van der Waals surface area contributed by atoms with Gasteiger partial charge in [0.05, 0.1) is 16.6 Å². The highest BCUT2D eigenvalue weighted by Crippen LogP contribution is 2.24. The van der Waals surface area contributed by atoms with Crippen molar-refractivity contribution in [2.24, 2.45) is 0 Å². The van der Waals surface area contributed by atoms with Crippen molar-refractivity contribution in [1.29, 1.82) is 0 Å². The highest BCUT2D eigenvalue weighted by atomic mass is 19.1. The maximum Gasteiger partial charge on any atom is 0.335 e. The van der Waals surface area contributed by atoms with Gasteiger partial charge in [0, 0.05) is 5.56 Å². The van der Waals surface area contributed by atoms with Crippen molar-refractivity contribution in [2.75, 3.05) is 0 Å². The molecule has 0 unspecified atom stereocenters. The summed E-state index contributed by atoms with van der Waals surface area (Å²) in [7, 11) is 0. The Bertz CT molecular complexity index is 824. The number of aryl methyl sites for hydroxylation is 1. The van der Waals surface area contributed by atoms with Crippen molar-refractivity contribution in [3.8, 4) is 11.4 Å². The Morgan fingerprint density at radius 1 is 1.25 bits per heavy atom. The monoisotopic (exact) mass is 270 g/mol. The molecule has 0 saturated heterocycles. The van der Waals surface area contributed by atoms with Crippen LogP contribution in [0.4, 0.5) is 4.39 Å². The van der Waals surface area contributed by atoms with E-state index in [1.54, 1.807) is 12.1 Å². The number of rotatable bonds is 2. The number of H-pyrrole nitrogens is 1. The topological polar surface area (TPSA) is 66.0 Å². The number of fused-ring (bicyclic) bond motifs is 1. The predicted molar refractivity (Wildman–Crippen MR) is 73.2 cm³/mol. The minimum atomic E-state index is -0.995. The van der Waals surface area contributed by atoms with Crippen molar-refractivity contribution in [2.45, 2.75) is 6.92 Å². The molecule has 0 fully saturated rings. The van der Waals surface area contributed by atoms with Gasteiger partial charge in [-0.25, -0.2) is 14.2 Å². The maximum absolute atomic E-state index is 13.3. The number of nitrogens with zero attached hydrogens (tertiary/aromatic N) is 1. The number of aromatic nitrogens is 2. The van der Waals surface area contributed by atoms with E-state index in [0.29, 0.717) is 22.4 Å². The highest BCUT2D eigenvalue weighted by molar-refractivity contribution is 5.93. The third-order valence-corrected chi connectivity index (χ3v) is 3.18. The van der Waals surface area contributed by atoms with E-state index < -0.39 is 5.97 Å². The Balaban J connectivity index is 2.17. The largest absolute Gasteiger partial charge is 0.478 e. The highest BCUT2D eigenvalue weighted by Gasteiger charge is 2.11. The van der Waals surface area contributed by atoms with Crippen LogP contribution in [0.25, 0.3) is 22.4 Å². The lowest BCUT2D eigenvalue weighted by molar-refractivity contribution is 0.0697. The smallest absolute Gasteiger partial charge is 0.335 e. The fraction of sp³-hybridized carbons (Fsp3) is 0.0667. The van der Waals surface area contributed by atoms with Gasteiger partial charge in [0.2, 0.25) is 0 Å². The number of halogens is 1. The van der Waals surface area contributed by atoms with Crippen LogP contribution in [-0.4, -0.2) is 21.0 Å². The molecule has 4 nitrogen and oxygen atoms in total. The molecular weight excluding hydrogens is 259 g/mol. The summed E-state index contributed by atoms with van der Waals surface area (Å²) >= 11 is 0. The lowest BCUT2D eigenvalue weighted by Crippen LogP contribution is -1.94. The second-order valence-electron chi connectivity index (χ2n) is 4.58. The normalized spacial score (nSPS) is 10.9. The number of carboxylic acids is 1. The summed E-state index contributed by atoms with van der Waals surface area (Å²) in [4.78, 5) is 18.3. The molecule has 1 aromatic heterocycles. The molecule has 3 aromatic rings. The van der Waals surface area contributed by atoms with Gasteiger partial charge in [-0.15, -0.1) is 0 Å². The SMILES string of the molecule is Cc1ccc(F)cc1-c1nc2ccc(C(=O)O)cc2[nH]1. The molecule has 0 spiro atoms. The van der Waals surface area contributed by atoms with Gasteiger partial charge in [0.1, 0.15) is 11.6 Å². The molecule has 0 amide bonds. The standard InChI is InChI=1S/C15H11FN2O2/c1-8-2-4-10(16)7-11(8)14-17-12-5-3-9(15(19)20)6-13(12)18-14/h2-7H,1H3,(H,17,18)(H,19,20). The summed E-state index contributed by atoms with van der Waals surface area (Å²) in [6.45, 7) is 1.87. The Kier molecular flexibility index (Phi) is 2.75. The van der Waals surface area contributed by atoms with Crippen LogP contribution in [-0.2, 0) is 0 Å². The van der Waals surface area contributed by atoms with Gasteiger partial charge in [0.15, 0.2) is 0 Å². The summed E-state index contributed by atoms with van der Waals surface area (Å²) in [6.07, 6.45) is 0. The van der Waals surface area contributed by atoms with E-state index >= 15 is 0 Å². The van der Waals surface area contributed by atoms with Crippen LogP contribution in [0.5, 0.6) is 0 Å². The molecule has 0 atom stereocenters. The number of nitrogens with one attached hydrogen (secondary N) is 1. The number of hydrogen-bond donors (Lipinski definition) is 2. The zero-order valence-electron chi connectivity index (χ0n) is 10.6. The molecule has 0 bridgehead atoms. The van der Waals surface area contributed by atoms with Crippen molar-refractivity contribution >= 4 is 17.0 Å². The molecule has 1 heterocycles.